The maximum Gasteiger partial charge on any atom is 0.251 e. The molecule has 0 aliphatic rings. The molecular formula is C11H15F2NO. The molecule has 1 N–H and O–H groups in total. The number of phenols is 1. The average molecular weight is 215 g/mol. The van der Waals surface area contributed by atoms with E-state index < -0.39 is 6.43 Å². The predicted molar refractivity (Wildman–Crippen MR) is 55.2 cm³/mol. The summed E-state index contributed by atoms with van der Waals surface area (Å²) in [6.45, 7) is 1.56. The summed E-state index contributed by atoms with van der Waals surface area (Å²) < 4.78 is 24.3. The van der Waals surface area contributed by atoms with Gasteiger partial charge in [-0.05, 0) is 31.7 Å². The molecule has 0 aliphatic carbocycles. The molecule has 1 aromatic rings. The highest BCUT2D eigenvalue weighted by molar-refractivity contribution is 5.29. The van der Waals surface area contributed by atoms with Crippen LogP contribution in [0.4, 0.5) is 8.78 Å². The summed E-state index contributed by atoms with van der Waals surface area (Å²) in [5.41, 5.74) is 0.832. The molecule has 0 aliphatic heterocycles. The molecule has 0 saturated carbocycles. The molecule has 1 atom stereocenters. The molecule has 0 aromatic heterocycles. The molecule has 2 nitrogen and oxygen atoms in total. The van der Waals surface area contributed by atoms with E-state index in [1.54, 1.807) is 30.1 Å². The highest BCUT2D eigenvalue weighted by Gasteiger charge is 2.15. The number of phenolic OH excluding ortho intramolecular Hbond substituents is 1. The van der Waals surface area contributed by atoms with Crippen LogP contribution in [-0.2, 0) is 0 Å². The van der Waals surface area contributed by atoms with Crippen LogP contribution >= 0.6 is 0 Å². The summed E-state index contributed by atoms with van der Waals surface area (Å²) in [5, 5.41) is 9.26. The molecule has 0 fully saturated rings. The number of benzene rings is 1. The standard InChI is InChI=1S/C11H15F2NO/c1-8(14(2)7-11(12)13)9-4-3-5-10(15)6-9/h3-6,8,11,15H,7H2,1-2H3. The van der Waals surface area contributed by atoms with Gasteiger partial charge < -0.3 is 5.11 Å². The van der Waals surface area contributed by atoms with Gasteiger partial charge in [-0.25, -0.2) is 8.78 Å². The Bertz CT molecular complexity index is 317. The molecule has 1 unspecified atom stereocenters. The maximum absolute atomic E-state index is 12.1. The van der Waals surface area contributed by atoms with Gasteiger partial charge in [-0.2, -0.15) is 0 Å². The fraction of sp³-hybridized carbons (Fsp3) is 0.455. The van der Waals surface area contributed by atoms with Crippen LogP contribution in [0.15, 0.2) is 24.3 Å². The molecule has 4 heteroatoms. The maximum atomic E-state index is 12.1. The summed E-state index contributed by atoms with van der Waals surface area (Å²) >= 11 is 0. The Balaban J connectivity index is 2.71. The number of hydrogen-bond donors (Lipinski definition) is 1. The van der Waals surface area contributed by atoms with Crippen LogP contribution in [0, 0.1) is 0 Å². The van der Waals surface area contributed by atoms with Gasteiger partial charge in [0.25, 0.3) is 6.43 Å². The molecule has 0 bridgehead atoms. The number of aromatic hydroxyl groups is 1. The minimum Gasteiger partial charge on any atom is -0.508 e. The van der Waals surface area contributed by atoms with E-state index in [1.165, 1.54) is 0 Å². The van der Waals surface area contributed by atoms with Gasteiger partial charge in [-0.3, -0.25) is 4.90 Å². The Morgan fingerprint density at radius 1 is 1.40 bits per heavy atom. The second-order valence-electron chi connectivity index (χ2n) is 3.60. The zero-order chi connectivity index (χ0) is 11.4. The average Bonchev–Trinajstić information content (AvgIpc) is 2.15. The van der Waals surface area contributed by atoms with Crippen LogP contribution in [0.1, 0.15) is 18.5 Å². The van der Waals surface area contributed by atoms with E-state index in [0.29, 0.717) is 0 Å². The van der Waals surface area contributed by atoms with Crippen LogP contribution in [-0.4, -0.2) is 30.0 Å². The van der Waals surface area contributed by atoms with Crippen LogP contribution in [0.5, 0.6) is 5.75 Å². The number of alkyl halides is 2. The molecule has 0 spiro atoms. The smallest absolute Gasteiger partial charge is 0.251 e. The van der Waals surface area contributed by atoms with E-state index in [0.717, 1.165) is 5.56 Å². The molecule has 1 rings (SSSR count). The lowest BCUT2D eigenvalue weighted by Crippen LogP contribution is -2.27. The molecule has 84 valence electrons. The topological polar surface area (TPSA) is 23.5 Å². The summed E-state index contributed by atoms with van der Waals surface area (Å²) in [6.07, 6.45) is -2.34. The lowest BCUT2D eigenvalue weighted by atomic mass is 10.1. The predicted octanol–water partition coefficient (Wildman–Crippen LogP) is 2.65. The van der Waals surface area contributed by atoms with Crippen LogP contribution in [0.2, 0.25) is 0 Å². The highest BCUT2D eigenvalue weighted by atomic mass is 19.3. The van der Waals surface area contributed by atoms with Gasteiger partial charge >= 0.3 is 0 Å². The van der Waals surface area contributed by atoms with Gasteiger partial charge in [0.05, 0.1) is 6.54 Å². The summed E-state index contributed by atoms with van der Waals surface area (Å²) in [7, 11) is 1.64. The Morgan fingerprint density at radius 2 is 2.07 bits per heavy atom. The second kappa shape index (κ2) is 5.07. The Kier molecular flexibility index (Phi) is 4.03. The van der Waals surface area contributed by atoms with Gasteiger partial charge in [0.15, 0.2) is 0 Å². The quantitative estimate of drug-likeness (QED) is 0.834. The fourth-order valence-corrected chi connectivity index (χ4v) is 1.41. The second-order valence-corrected chi connectivity index (χ2v) is 3.60. The zero-order valence-electron chi connectivity index (χ0n) is 8.82. The van der Waals surface area contributed by atoms with Gasteiger partial charge in [0.2, 0.25) is 0 Å². The SMILES string of the molecule is CC(c1cccc(O)c1)N(C)CC(F)F. The van der Waals surface area contributed by atoms with Crippen molar-refractivity contribution in [3.63, 3.8) is 0 Å². The Hall–Kier alpha value is -1.16. The first-order valence-electron chi connectivity index (χ1n) is 4.78. The molecule has 0 amide bonds. The molecule has 1 aromatic carbocycles. The van der Waals surface area contributed by atoms with Gasteiger partial charge in [-0.1, -0.05) is 12.1 Å². The van der Waals surface area contributed by atoms with Crippen molar-refractivity contribution in [2.75, 3.05) is 13.6 Å². The van der Waals surface area contributed by atoms with Crippen molar-refractivity contribution >= 4 is 0 Å². The largest absolute Gasteiger partial charge is 0.508 e. The van der Waals surface area contributed by atoms with Gasteiger partial charge in [0.1, 0.15) is 5.75 Å². The molecular weight excluding hydrogens is 200 g/mol. The lowest BCUT2D eigenvalue weighted by molar-refractivity contribution is 0.0842. The number of hydrogen-bond acceptors (Lipinski definition) is 2. The van der Waals surface area contributed by atoms with Gasteiger partial charge in [0, 0.05) is 6.04 Å². The summed E-state index contributed by atoms with van der Waals surface area (Å²) in [4.78, 5) is 1.56. The van der Waals surface area contributed by atoms with Crippen LogP contribution < -0.4 is 0 Å². The third kappa shape index (κ3) is 3.47. The third-order valence-electron chi connectivity index (χ3n) is 2.44. The molecule has 0 saturated heterocycles. The molecule has 0 radical (unpaired) electrons. The minimum absolute atomic E-state index is 0.133. The van der Waals surface area contributed by atoms with Crippen molar-refractivity contribution in [3.8, 4) is 5.75 Å². The van der Waals surface area contributed by atoms with E-state index in [2.05, 4.69) is 0 Å². The van der Waals surface area contributed by atoms with Crippen molar-refractivity contribution < 1.29 is 13.9 Å². The number of halogens is 2. The van der Waals surface area contributed by atoms with Crippen molar-refractivity contribution in [3.05, 3.63) is 29.8 Å². The van der Waals surface area contributed by atoms with Crippen molar-refractivity contribution in [2.45, 2.75) is 19.4 Å². The number of rotatable bonds is 4. The first-order valence-corrected chi connectivity index (χ1v) is 4.78. The third-order valence-corrected chi connectivity index (χ3v) is 2.44. The summed E-state index contributed by atoms with van der Waals surface area (Å²) in [6, 6.07) is 6.53. The van der Waals surface area contributed by atoms with E-state index in [1.807, 2.05) is 13.0 Å². The van der Waals surface area contributed by atoms with Crippen LogP contribution in [0.3, 0.4) is 0 Å². The summed E-state index contributed by atoms with van der Waals surface area (Å²) in [5.74, 6) is 0.157. The minimum atomic E-state index is -2.34. The number of nitrogens with zero attached hydrogens (tertiary/aromatic N) is 1. The van der Waals surface area contributed by atoms with E-state index in [-0.39, 0.29) is 18.3 Å². The Morgan fingerprint density at radius 3 is 2.60 bits per heavy atom. The Labute approximate surface area is 88.1 Å². The first-order chi connectivity index (χ1) is 7.00. The van der Waals surface area contributed by atoms with Crippen LogP contribution in [0.25, 0.3) is 0 Å². The van der Waals surface area contributed by atoms with E-state index in [9.17, 15) is 13.9 Å². The van der Waals surface area contributed by atoms with E-state index in [4.69, 9.17) is 0 Å². The van der Waals surface area contributed by atoms with Crippen molar-refractivity contribution in [2.24, 2.45) is 0 Å². The fourth-order valence-electron chi connectivity index (χ4n) is 1.41. The molecule has 15 heavy (non-hydrogen) atoms. The highest BCUT2D eigenvalue weighted by Crippen LogP contribution is 2.22. The monoisotopic (exact) mass is 215 g/mol. The van der Waals surface area contributed by atoms with E-state index >= 15 is 0 Å². The van der Waals surface area contributed by atoms with Crippen molar-refractivity contribution in [1.29, 1.82) is 0 Å². The van der Waals surface area contributed by atoms with Gasteiger partial charge in [-0.15, -0.1) is 0 Å². The normalized spacial score (nSPS) is 13.5. The first kappa shape index (κ1) is 11.9. The lowest BCUT2D eigenvalue weighted by Gasteiger charge is -2.24. The zero-order valence-corrected chi connectivity index (χ0v) is 8.82. The molecule has 0 heterocycles. The van der Waals surface area contributed by atoms with Crippen molar-refractivity contribution in [1.82, 2.24) is 4.90 Å².